The molecule has 2 aromatic rings. The van der Waals surface area contributed by atoms with Crippen LogP contribution < -0.4 is 10.1 Å². The second-order valence-electron chi connectivity index (χ2n) is 4.87. The number of hydrogen-bond donors (Lipinski definition) is 1. The van der Waals surface area contributed by atoms with Gasteiger partial charge >= 0.3 is 0 Å². The molecule has 1 aliphatic rings. The van der Waals surface area contributed by atoms with Gasteiger partial charge in [-0.25, -0.2) is 4.98 Å². The van der Waals surface area contributed by atoms with Crippen LogP contribution in [0.3, 0.4) is 0 Å². The zero-order chi connectivity index (χ0) is 12.4. The van der Waals surface area contributed by atoms with Crippen molar-refractivity contribution in [3.63, 3.8) is 0 Å². The highest BCUT2D eigenvalue weighted by atomic mass is 16.5. The maximum Gasteiger partial charge on any atom is 0.134 e. The Balaban J connectivity index is 1.98. The van der Waals surface area contributed by atoms with Gasteiger partial charge in [0.15, 0.2) is 0 Å². The summed E-state index contributed by atoms with van der Waals surface area (Å²) in [6, 6.07) is 8.74. The van der Waals surface area contributed by atoms with E-state index in [2.05, 4.69) is 22.4 Å². The number of aromatic nitrogens is 1. The third-order valence-electron chi connectivity index (χ3n) is 3.67. The average Bonchev–Trinajstić information content (AvgIpc) is 2.91. The molecule has 1 fully saturated rings. The molecule has 94 valence electrons. The molecule has 18 heavy (non-hydrogen) atoms. The Kier molecular flexibility index (Phi) is 3.05. The SMILES string of the molecule is COc1ccc2ccnc(NC3CCCC3)c2c1. The van der Waals surface area contributed by atoms with Crippen molar-refractivity contribution >= 4 is 16.6 Å². The first kappa shape index (κ1) is 11.3. The highest BCUT2D eigenvalue weighted by Gasteiger charge is 2.16. The molecule has 1 saturated carbocycles. The maximum atomic E-state index is 5.29. The second-order valence-corrected chi connectivity index (χ2v) is 4.87. The van der Waals surface area contributed by atoms with Crippen molar-refractivity contribution in [3.05, 3.63) is 30.5 Å². The van der Waals surface area contributed by atoms with E-state index in [4.69, 9.17) is 4.74 Å². The van der Waals surface area contributed by atoms with Crippen molar-refractivity contribution in [1.82, 2.24) is 4.98 Å². The molecule has 0 atom stereocenters. The van der Waals surface area contributed by atoms with Gasteiger partial charge < -0.3 is 10.1 Å². The van der Waals surface area contributed by atoms with Crippen molar-refractivity contribution in [1.29, 1.82) is 0 Å². The van der Waals surface area contributed by atoms with Crippen LogP contribution in [0.15, 0.2) is 30.5 Å². The van der Waals surface area contributed by atoms with Gasteiger partial charge in [-0.05, 0) is 36.4 Å². The normalized spacial score (nSPS) is 16.1. The molecule has 0 aliphatic heterocycles. The van der Waals surface area contributed by atoms with E-state index in [9.17, 15) is 0 Å². The minimum atomic E-state index is 0.578. The van der Waals surface area contributed by atoms with E-state index < -0.39 is 0 Å². The van der Waals surface area contributed by atoms with Crippen molar-refractivity contribution in [2.45, 2.75) is 31.7 Å². The second kappa shape index (κ2) is 4.84. The van der Waals surface area contributed by atoms with Gasteiger partial charge in [0.1, 0.15) is 11.6 Å². The van der Waals surface area contributed by atoms with Gasteiger partial charge in [-0.15, -0.1) is 0 Å². The van der Waals surface area contributed by atoms with Crippen LogP contribution in [0.5, 0.6) is 5.75 Å². The first-order valence-corrected chi connectivity index (χ1v) is 6.56. The number of methoxy groups -OCH3 is 1. The molecule has 1 aromatic carbocycles. The highest BCUT2D eigenvalue weighted by molar-refractivity contribution is 5.92. The number of hydrogen-bond acceptors (Lipinski definition) is 3. The van der Waals surface area contributed by atoms with Crippen molar-refractivity contribution < 1.29 is 4.74 Å². The molecule has 0 unspecified atom stereocenters. The van der Waals surface area contributed by atoms with Gasteiger partial charge in [0.25, 0.3) is 0 Å². The molecule has 0 amide bonds. The summed E-state index contributed by atoms with van der Waals surface area (Å²) < 4.78 is 5.29. The standard InChI is InChI=1S/C15H18N2O/c1-18-13-7-6-11-8-9-16-15(14(11)10-13)17-12-4-2-3-5-12/h6-10,12H,2-5H2,1H3,(H,16,17). The smallest absolute Gasteiger partial charge is 0.134 e. The van der Waals surface area contributed by atoms with E-state index in [1.807, 2.05) is 18.3 Å². The summed E-state index contributed by atoms with van der Waals surface area (Å²) in [5.74, 6) is 1.86. The predicted molar refractivity (Wildman–Crippen MR) is 74.2 cm³/mol. The van der Waals surface area contributed by atoms with E-state index in [-0.39, 0.29) is 0 Å². The summed E-state index contributed by atoms with van der Waals surface area (Å²) in [6.07, 6.45) is 7.02. The van der Waals surface area contributed by atoms with Crippen LogP contribution in [-0.2, 0) is 0 Å². The third-order valence-corrected chi connectivity index (χ3v) is 3.67. The fraction of sp³-hybridized carbons (Fsp3) is 0.400. The molecule has 0 spiro atoms. The molecular weight excluding hydrogens is 224 g/mol. The first-order valence-electron chi connectivity index (χ1n) is 6.56. The van der Waals surface area contributed by atoms with Gasteiger partial charge in [0, 0.05) is 17.6 Å². The Morgan fingerprint density at radius 2 is 2.06 bits per heavy atom. The number of nitrogens with one attached hydrogen (secondary N) is 1. The van der Waals surface area contributed by atoms with E-state index >= 15 is 0 Å². The number of ether oxygens (including phenoxy) is 1. The Morgan fingerprint density at radius 1 is 1.22 bits per heavy atom. The fourth-order valence-electron chi connectivity index (χ4n) is 2.65. The Labute approximate surface area is 107 Å². The molecule has 3 rings (SSSR count). The van der Waals surface area contributed by atoms with E-state index in [0.29, 0.717) is 6.04 Å². The Bertz CT molecular complexity index is 547. The average molecular weight is 242 g/mol. The summed E-state index contributed by atoms with van der Waals surface area (Å²) in [6.45, 7) is 0. The minimum Gasteiger partial charge on any atom is -0.497 e. The molecule has 1 aliphatic carbocycles. The van der Waals surface area contributed by atoms with Crippen LogP contribution in [0.1, 0.15) is 25.7 Å². The molecule has 0 bridgehead atoms. The van der Waals surface area contributed by atoms with E-state index in [1.54, 1.807) is 7.11 Å². The van der Waals surface area contributed by atoms with E-state index in [1.165, 1.54) is 31.1 Å². The van der Waals surface area contributed by atoms with Crippen molar-refractivity contribution in [2.24, 2.45) is 0 Å². The number of fused-ring (bicyclic) bond motifs is 1. The third kappa shape index (κ3) is 2.13. The lowest BCUT2D eigenvalue weighted by Crippen LogP contribution is -2.15. The largest absolute Gasteiger partial charge is 0.497 e. The predicted octanol–water partition coefficient (Wildman–Crippen LogP) is 3.60. The summed E-state index contributed by atoms with van der Waals surface area (Å²) >= 11 is 0. The molecule has 3 heteroatoms. The number of nitrogens with zero attached hydrogens (tertiary/aromatic N) is 1. The molecule has 1 heterocycles. The lowest BCUT2D eigenvalue weighted by atomic mass is 10.1. The molecule has 1 N–H and O–H groups in total. The molecule has 3 nitrogen and oxygen atoms in total. The monoisotopic (exact) mass is 242 g/mol. The summed E-state index contributed by atoms with van der Waals surface area (Å²) in [4.78, 5) is 4.48. The van der Waals surface area contributed by atoms with E-state index in [0.717, 1.165) is 17.0 Å². The first-order chi connectivity index (χ1) is 8.86. The topological polar surface area (TPSA) is 34.1 Å². The van der Waals surface area contributed by atoms with Crippen LogP contribution in [0.25, 0.3) is 10.8 Å². The van der Waals surface area contributed by atoms with Crippen LogP contribution in [0, 0.1) is 0 Å². The number of pyridine rings is 1. The van der Waals surface area contributed by atoms with Crippen molar-refractivity contribution in [2.75, 3.05) is 12.4 Å². The lowest BCUT2D eigenvalue weighted by molar-refractivity contribution is 0.415. The van der Waals surface area contributed by atoms with Crippen LogP contribution >= 0.6 is 0 Å². The molecular formula is C15H18N2O. The number of rotatable bonds is 3. The minimum absolute atomic E-state index is 0.578. The molecule has 1 aromatic heterocycles. The van der Waals surface area contributed by atoms with Crippen LogP contribution in [0.4, 0.5) is 5.82 Å². The van der Waals surface area contributed by atoms with Gasteiger partial charge in [-0.3, -0.25) is 0 Å². The summed E-state index contributed by atoms with van der Waals surface area (Å²) in [5, 5.41) is 5.91. The van der Waals surface area contributed by atoms with Crippen LogP contribution in [0.2, 0.25) is 0 Å². The Morgan fingerprint density at radius 3 is 2.83 bits per heavy atom. The molecule has 0 radical (unpaired) electrons. The van der Waals surface area contributed by atoms with Gasteiger partial charge in [-0.1, -0.05) is 18.9 Å². The van der Waals surface area contributed by atoms with Crippen LogP contribution in [-0.4, -0.2) is 18.1 Å². The highest BCUT2D eigenvalue weighted by Crippen LogP contribution is 2.28. The van der Waals surface area contributed by atoms with Crippen molar-refractivity contribution in [3.8, 4) is 5.75 Å². The Hall–Kier alpha value is -1.77. The van der Waals surface area contributed by atoms with Gasteiger partial charge in [0.2, 0.25) is 0 Å². The lowest BCUT2D eigenvalue weighted by Gasteiger charge is -2.14. The number of benzene rings is 1. The van der Waals surface area contributed by atoms with Gasteiger partial charge in [-0.2, -0.15) is 0 Å². The maximum absolute atomic E-state index is 5.29. The fourth-order valence-corrected chi connectivity index (χ4v) is 2.65. The quantitative estimate of drug-likeness (QED) is 0.893. The molecule has 0 saturated heterocycles. The van der Waals surface area contributed by atoms with Gasteiger partial charge in [0.05, 0.1) is 7.11 Å². The summed E-state index contributed by atoms with van der Waals surface area (Å²) in [7, 11) is 1.70. The zero-order valence-electron chi connectivity index (χ0n) is 10.6. The zero-order valence-corrected chi connectivity index (χ0v) is 10.6. The number of anilines is 1. The summed E-state index contributed by atoms with van der Waals surface area (Å²) in [5.41, 5.74) is 0.